The molecule has 0 heterocycles. The number of para-hydroxylation sites is 1. The maximum atomic E-state index is 12.2. The van der Waals surface area contributed by atoms with Gasteiger partial charge in [-0.15, -0.1) is 5.48 Å². The summed E-state index contributed by atoms with van der Waals surface area (Å²) in [4.78, 5) is 28.8. The van der Waals surface area contributed by atoms with Gasteiger partial charge in [0.25, 0.3) is 5.91 Å². The number of hydrogen-bond acceptors (Lipinski definition) is 5. The quantitative estimate of drug-likeness (QED) is 0.418. The molecule has 6 nitrogen and oxygen atoms in total. The van der Waals surface area contributed by atoms with Crippen LogP contribution in [0.3, 0.4) is 0 Å². The number of amides is 1. The summed E-state index contributed by atoms with van der Waals surface area (Å²) in [6.45, 7) is 11.1. The molecule has 0 bridgehead atoms. The molecule has 0 saturated heterocycles. The largest absolute Gasteiger partial charge is 0.528 e. The molecule has 0 fully saturated rings. The Hall–Kier alpha value is -2.34. The summed E-state index contributed by atoms with van der Waals surface area (Å²) < 4.78 is 5.07. The summed E-state index contributed by atoms with van der Waals surface area (Å²) >= 11 is 0. The Balaban J connectivity index is 2.51. The Morgan fingerprint density at radius 3 is 2.40 bits per heavy atom. The number of ether oxygens (including phenoxy) is 1. The van der Waals surface area contributed by atoms with Gasteiger partial charge >= 0.3 is 6.16 Å². The van der Waals surface area contributed by atoms with E-state index in [1.54, 1.807) is 32.9 Å². The third-order valence-corrected chi connectivity index (χ3v) is 3.18. The third kappa shape index (κ3) is 8.91. The molecule has 1 aromatic carbocycles. The SMILES string of the molecule is C=C(C[C@H](CCC)NOC(=O)OC(C)(C)C)C(=O)Nc1ccccc1. The van der Waals surface area contributed by atoms with E-state index in [0.717, 1.165) is 12.8 Å². The van der Waals surface area contributed by atoms with Gasteiger partial charge < -0.3 is 14.9 Å². The van der Waals surface area contributed by atoms with Crippen LogP contribution < -0.4 is 10.8 Å². The number of rotatable bonds is 8. The molecule has 0 radical (unpaired) electrons. The number of carbonyl (C=O) groups excluding carboxylic acids is 2. The molecule has 6 heteroatoms. The molecule has 0 saturated carbocycles. The van der Waals surface area contributed by atoms with Crippen molar-refractivity contribution in [3.05, 3.63) is 42.5 Å². The smallest absolute Gasteiger partial charge is 0.427 e. The van der Waals surface area contributed by atoms with Gasteiger partial charge in [-0.05, 0) is 45.7 Å². The summed E-state index contributed by atoms with van der Waals surface area (Å²) in [7, 11) is 0. The van der Waals surface area contributed by atoms with E-state index >= 15 is 0 Å². The zero-order valence-electron chi connectivity index (χ0n) is 15.4. The Labute approximate surface area is 149 Å². The first-order chi connectivity index (χ1) is 11.7. The normalized spacial score (nSPS) is 12.2. The molecule has 2 N–H and O–H groups in total. The highest BCUT2D eigenvalue weighted by Crippen LogP contribution is 2.13. The topological polar surface area (TPSA) is 76.7 Å². The zero-order chi connectivity index (χ0) is 18.9. The van der Waals surface area contributed by atoms with Crippen LogP contribution in [0.4, 0.5) is 10.5 Å². The van der Waals surface area contributed by atoms with Gasteiger partial charge in [0.05, 0.1) is 0 Å². The minimum atomic E-state index is -0.798. The lowest BCUT2D eigenvalue weighted by atomic mass is 10.0. The van der Waals surface area contributed by atoms with Crippen LogP contribution in [0.5, 0.6) is 0 Å². The maximum absolute atomic E-state index is 12.2. The number of benzene rings is 1. The van der Waals surface area contributed by atoms with Crippen LogP contribution in [0.15, 0.2) is 42.5 Å². The van der Waals surface area contributed by atoms with Crippen molar-refractivity contribution in [2.75, 3.05) is 5.32 Å². The van der Waals surface area contributed by atoms with Crippen LogP contribution in [0.2, 0.25) is 0 Å². The number of hydroxylamine groups is 1. The van der Waals surface area contributed by atoms with E-state index in [0.29, 0.717) is 17.7 Å². The average molecular weight is 348 g/mol. The van der Waals surface area contributed by atoms with Crippen molar-refractivity contribution in [2.24, 2.45) is 0 Å². The summed E-state index contributed by atoms with van der Waals surface area (Å²) in [6, 6.07) is 8.95. The second kappa shape index (κ2) is 9.84. The molecule has 25 heavy (non-hydrogen) atoms. The molecule has 0 unspecified atom stereocenters. The molecule has 1 rings (SSSR count). The van der Waals surface area contributed by atoms with Crippen LogP contribution in [-0.2, 0) is 14.4 Å². The van der Waals surface area contributed by atoms with Crippen LogP contribution >= 0.6 is 0 Å². The van der Waals surface area contributed by atoms with Gasteiger partial charge in [0.1, 0.15) is 5.60 Å². The van der Waals surface area contributed by atoms with E-state index in [1.807, 2.05) is 25.1 Å². The van der Waals surface area contributed by atoms with Crippen LogP contribution in [-0.4, -0.2) is 23.7 Å². The molecule has 0 spiro atoms. The van der Waals surface area contributed by atoms with Crippen molar-refractivity contribution in [3.8, 4) is 0 Å². The fourth-order valence-corrected chi connectivity index (χ4v) is 2.08. The molecule has 0 aliphatic carbocycles. The lowest BCUT2D eigenvalue weighted by molar-refractivity contribution is -0.113. The van der Waals surface area contributed by atoms with Crippen LogP contribution in [0.25, 0.3) is 0 Å². The molecule has 138 valence electrons. The number of carbonyl (C=O) groups is 2. The first kappa shape index (κ1) is 20.7. The predicted octanol–water partition coefficient (Wildman–Crippen LogP) is 4.20. The average Bonchev–Trinajstić information content (AvgIpc) is 2.52. The molecule has 0 aliphatic heterocycles. The molecule has 1 amide bonds. The van der Waals surface area contributed by atoms with Crippen molar-refractivity contribution in [1.82, 2.24) is 5.48 Å². The van der Waals surface area contributed by atoms with E-state index in [9.17, 15) is 9.59 Å². The van der Waals surface area contributed by atoms with Crippen molar-refractivity contribution in [3.63, 3.8) is 0 Å². The highest BCUT2D eigenvalue weighted by atomic mass is 16.8. The van der Waals surface area contributed by atoms with Crippen molar-refractivity contribution in [1.29, 1.82) is 0 Å². The molecule has 0 aliphatic rings. The summed E-state index contributed by atoms with van der Waals surface area (Å²) in [6.07, 6.45) is 1.14. The van der Waals surface area contributed by atoms with E-state index in [-0.39, 0.29) is 11.9 Å². The number of anilines is 1. The van der Waals surface area contributed by atoms with Crippen molar-refractivity contribution >= 4 is 17.7 Å². The Bertz CT molecular complexity index is 579. The second-order valence-corrected chi connectivity index (χ2v) is 6.80. The van der Waals surface area contributed by atoms with Gasteiger partial charge in [-0.2, -0.15) is 0 Å². The number of nitrogens with one attached hydrogen (secondary N) is 2. The summed E-state index contributed by atoms with van der Waals surface area (Å²) in [5.41, 5.74) is 3.16. The second-order valence-electron chi connectivity index (χ2n) is 6.80. The Kier molecular flexibility index (Phi) is 8.15. The first-order valence-corrected chi connectivity index (χ1v) is 8.40. The monoisotopic (exact) mass is 348 g/mol. The molecule has 0 aromatic heterocycles. The van der Waals surface area contributed by atoms with Crippen LogP contribution in [0.1, 0.15) is 47.0 Å². The van der Waals surface area contributed by atoms with E-state index in [1.165, 1.54) is 0 Å². The van der Waals surface area contributed by atoms with E-state index in [4.69, 9.17) is 9.57 Å². The highest BCUT2D eigenvalue weighted by molar-refractivity contribution is 6.03. The standard InChI is InChI=1S/C19H28N2O4/c1-6-10-16(21-25-18(23)24-19(3,4)5)13-14(2)17(22)20-15-11-8-7-9-12-15/h7-9,11-12,16,21H,2,6,10,13H2,1,3-5H3,(H,20,22)/t16-/m0/s1. The Morgan fingerprint density at radius 1 is 1.20 bits per heavy atom. The van der Waals surface area contributed by atoms with Crippen molar-refractivity contribution < 1.29 is 19.2 Å². The highest BCUT2D eigenvalue weighted by Gasteiger charge is 2.20. The van der Waals surface area contributed by atoms with E-state index < -0.39 is 11.8 Å². The van der Waals surface area contributed by atoms with Gasteiger partial charge in [0.15, 0.2) is 0 Å². The van der Waals surface area contributed by atoms with Gasteiger partial charge in [0, 0.05) is 17.3 Å². The Morgan fingerprint density at radius 2 is 1.84 bits per heavy atom. The molecular weight excluding hydrogens is 320 g/mol. The van der Waals surface area contributed by atoms with Gasteiger partial charge in [-0.1, -0.05) is 38.1 Å². The summed E-state index contributed by atoms with van der Waals surface area (Å²) in [5, 5.41) is 2.79. The maximum Gasteiger partial charge on any atom is 0.528 e. The molecule has 1 aromatic rings. The van der Waals surface area contributed by atoms with Gasteiger partial charge in [-0.25, -0.2) is 4.79 Å². The van der Waals surface area contributed by atoms with Gasteiger partial charge in [0.2, 0.25) is 0 Å². The predicted molar refractivity (Wildman–Crippen MR) is 98.0 cm³/mol. The summed E-state index contributed by atoms with van der Waals surface area (Å²) in [5.74, 6) is -0.258. The lowest BCUT2D eigenvalue weighted by Gasteiger charge is -2.21. The number of hydrogen-bond donors (Lipinski definition) is 2. The lowest BCUT2D eigenvalue weighted by Crippen LogP contribution is -2.35. The minimum Gasteiger partial charge on any atom is -0.427 e. The first-order valence-electron chi connectivity index (χ1n) is 8.40. The third-order valence-electron chi connectivity index (χ3n) is 3.18. The zero-order valence-corrected chi connectivity index (χ0v) is 15.4. The minimum absolute atomic E-state index is 0.216. The fourth-order valence-electron chi connectivity index (χ4n) is 2.08. The molecular formula is C19H28N2O4. The molecule has 1 atom stereocenters. The van der Waals surface area contributed by atoms with Crippen molar-refractivity contribution in [2.45, 2.75) is 58.6 Å². The van der Waals surface area contributed by atoms with Gasteiger partial charge in [-0.3, -0.25) is 4.79 Å². The van der Waals surface area contributed by atoms with Crippen LogP contribution in [0, 0.1) is 0 Å². The fraction of sp³-hybridized carbons (Fsp3) is 0.474. The van der Waals surface area contributed by atoms with E-state index in [2.05, 4.69) is 17.4 Å².